The summed E-state index contributed by atoms with van der Waals surface area (Å²) in [5, 5.41) is 2.86. The van der Waals surface area contributed by atoms with Crippen molar-refractivity contribution in [1.82, 2.24) is 15.1 Å². The second-order valence-corrected chi connectivity index (χ2v) is 4.87. The van der Waals surface area contributed by atoms with Crippen LogP contribution in [0.4, 0.5) is 0 Å². The molecule has 5 heteroatoms. The van der Waals surface area contributed by atoms with Gasteiger partial charge >= 0.3 is 0 Å². The average Bonchev–Trinajstić information content (AvgIpc) is 2.36. The molecule has 1 atom stereocenters. The summed E-state index contributed by atoms with van der Waals surface area (Å²) in [7, 11) is 1.75. The minimum absolute atomic E-state index is 0.0563. The molecule has 0 radical (unpaired) electrons. The highest BCUT2D eigenvalue weighted by Crippen LogP contribution is 2.12. The molecule has 1 aliphatic rings. The van der Waals surface area contributed by atoms with Crippen LogP contribution in [0.1, 0.15) is 20.3 Å². The molecule has 1 heterocycles. The first-order valence-corrected chi connectivity index (χ1v) is 6.87. The lowest BCUT2D eigenvalue weighted by atomic mass is 10.1. The average molecular weight is 257 g/mol. The number of methoxy groups -OCH3 is 1. The molecule has 0 aromatic rings. The van der Waals surface area contributed by atoms with Gasteiger partial charge in [0.25, 0.3) is 0 Å². The van der Waals surface area contributed by atoms with Gasteiger partial charge in [-0.15, -0.1) is 0 Å². The van der Waals surface area contributed by atoms with Crippen molar-refractivity contribution in [3.8, 4) is 0 Å². The van der Waals surface area contributed by atoms with Gasteiger partial charge in [0.15, 0.2) is 0 Å². The molecule has 1 N–H and O–H groups in total. The maximum absolute atomic E-state index is 10.8. The first-order chi connectivity index (χ1) is 8.67. The topological polar surface area (TPSA) is 44.8 Å². The minimum atomic E-state index is 0.0563. The summed E-state index contributed by atoms with van der Waals surface area (Å²) >= 11 is 0. The predicted molar refractivity (Wildman–Crippen MR) is 72.7 cm³/mol. The molecule has 1 amide bonds. The van der Waals surface area contributed by atoms with E-state index in [2.05, 4.69) is 22.0 Å². The van der Waals surface area contributed by atoms with Crippen LogP contribution in [0.3, 0.4) is 0 Å². The normalized spacial score (nSPS) is 22.1. The molecule has 0 unspecified atom stereocenters. The second kappa shape index (κ2) is 8.45. The monoisotopic (exact) mass is 257 g/mol. The van der Waals surface area contributed by atoms with E-state index in [1.165, 1.54) is 6.42 Å². The third-order valence-corrected chi connectivity index (χ3v) is 3.54. The van der Waals surface area contributed by atoms with E-state index >= 15 is 0 Å². The number of carbonyl (C=O) groups excluding carboxylic acids is 1. The van der Waals surface area contributed by atoms with Crippen LogP contribution in [0.15, 0.2) is 0 Å². The molecule has 0 bridgehead atoms. The second-order valence-electron chi connectivity index (χ2n) is 4.87. The summed E-state index contributed by atoms with van der Waals surface area (Å²) in [4.78, 5) is 15.8. The number of amides is 1. The number of hydrogen-bond acceptors (Lipinski definition) is 4. The fraction of sp³-hybridized carbons (Fsp3) is 0.923. The van der Waals surface area contributed by atoms with E-state index in [0.717, 1.165) is 45.9 Å². The smallest absolute Gasteiger partial charge is 0.216 e. The molecule has 5 nitrogen and oxygen atoms in total. The van der Waals surface area contributed by atoms with Crippen molar-refractivity contribution in [3.63, 3.8) is 0 Å². The van der Waals surface area contributed by atoms with Crippen LogP contribution in [-0.4, -0.2) is 74.7 Å². The van der Waals surface area contributed by atoms with Gasteiger partial charge < -0.3 is 10.1 Å². The molecule has 0 aliphatic carbocycles. The molecule has 18 heavy (non-hydrogen) atoms. The number of hydrogen-bond donors (Lipinski definition) is 1. The Morgan fingerprint density at radius 1 is 1.39 bits per heavy atom. The van der Waals surface area contributed by atoms with E-state index in [1.807, 2.05) is 0 Å². The van der Waals surface area contributed by atoms with E-state index < -0.39 is 0 Å². The van der Waals surface area contributed by atoms with Gasteiger partial charge in [0.05, 0.1) is 6.61 Å². The Kier molecular flexibility index (Phi) is 7.23. The Morgan fingerprint density at radius 2 is 2.17 bits per heavy atom. The number of carbonyl (C=O) groups is 1. The van der Waals surface area contributed by atoms with Gasteiger partial charge in [0.2, 0.25) is 5.91 Å². The molecule has 106 valence electrons. The predicted octanol–water partition coefficient (Wildman–Crippen LogP) is 0.165. The summed E-state index contributed by atoms with van der Waals surface area (Å²) in [5.41, 5.74) is 0. The van der Waals surface area contributed by atoms with Gasteiger partial charge in [-0.05, 0) is 6.42 Å². The molecule has 1 rings (SSSR count). The van der Waals surface area contributed by atoms with Gasteiger partial charge in [-0.1, -0.05) is 6.92 Å². The molecule has 0 saturated carbocycles. The van der Waals surface area contributed by atoms with Gasteiger partial charge in [-0.3, -0.25) is 14.6 Å². The van der Waals surface area contributed by atoms with Crippen LogP contribution >= 0.6 is 0 Å². The summed E-state index contributed by atoms with van der Waals surface area (Å²) in [6, 6.07) is 0.617. The van der Waals surface area contributed by atoms with Crippen molar-refractivity contribution in [2.75, 3.05) is 53.0 Å². The first-order valence-electron chi connectivity index (χ1n) is 6.87. The summed E-state index contributed by atoms with van der Waals surface area (Å²) in [6.07, 6.45) is 1.17. The zero-order valence-corrected chi connectivity index (χ0v) is 11.9. The van der Waals surface area contributed by atoms with E-state index in [0.29, 0.717) is 6.04 Å². The molecular weight excluding hydrogens is 230 g/mol. The van der Waals surface area contributed by atoms with Crippen LogP contribution in [-0.2, 0) is 9.53 Å². The highest BCUT2D eigenvalue weighted by Gasteiger charge is 2.24. The van der Waals surface area contributed by atoms with E-state index in [9.17, 15) is 4.79 Å². The van der Waals surface area contributed by atoms with Crippen LogP contribution < -0.4 is 5.32 Å². The Bertz CT molecular complexity index is 248. The standard InChI is InChI=1S/C13H27N3O2/c1-4-13-11-15(6-5-14-12(2)17)7-8-16(13)9-10-18-3/h13H,4-11H2,1-3H3,(H,14,17)/t13-/m0/s1. The number of rotatable bonds is 7. The molecule has 1 fully saturated rings. The highest BCUT2D eigenvalue weighted by molar-refractivity contribution is 5.72. The number of ether oxygens (including phenoxy) is 1. The van der Waals surface area contributed by atoms with Crippen molar-refractivity contribution in [3.05, 3.63) is 0 Å². The molecule has 0 aromatic heterocycles. The first kappa shape index (κ1) is 15.4. The molecule has 0 aromatic carbocycles. The quantitative estimate of drug-likeness (QED) is 0.706. The van der Waals surface area contributed by atoms with Crippen molar-refractivity contribution in [2.45, 2.75) is 26.3 Å². The minimum Gasteiger partial charge on any atom is -0.383 e. The Balaban J connectivity index is 2.28. The van der Waals surface area contributed by atoms with E-state index in [-0.39, 0.29) is 5.91 Å². The maximum atomic E-state index is 10.8. The van der Waals surface area contributed by atoms with E-state index in [4.69, 9.17) is 4.74 Å². The Labute approximate surface area is 110 Å². The van der Waals surface area contributed by atoms with E-state index in [1.54, 1.807) is 14.0 Å². The maximum Gasteiger partial charge on any atom is 0.216 e. The van der Waals surface area contributed by atoms with Gasteiger partial charge in [0.1, 0.15) is 0 Å². The van der Waals surface area contributed by atoms with Crippen molar-refractivity contribution in [2.24, 2.45) is 0 Å². The van der Waals surface area contributed by atoms with Crippen molar-refractivity contribution < 1.29 is 9.53 Å². The molecular formula is C13H27N3O2. The lowest BCUT2D eigenvalue weighted by molar-refractivity contribution is -0.119. The number of nitrogens with one attached hydrogen (secondary N) is 1. The zero-order chi connectivity index (χ0) is 13.4. The van der Waals surface area contributed by atoms with Gasteiger partial charge in [-0.2, -0.15) is 0 Å². The van der Waals surface area contributed by atoms with Crippen LogP contribution in [0.5, 0.6) is 0 Å². The summed E-state index contributed by atoms with van der Waals surface area (Å²) in [6.45, 7) is 10.6. The Hall–Kier alpha value is -0.650. The van der Waals surface area contributed by atoms with Crippen LogP contribution in [0.2, 0.25) is 0 Å². The summed E-state index contributed by atoms with van der Waals surface area (Å²) in [5.74, 6) is 0.0563. The van der Waals surface area contributed by atoms with Gasteiger partial charge in [0, 0.05) is 59.3 Å². The lowest BCUT2D eigenvalue weighted by Gasteiger charge is -2.41. The molecule has 1 aliphatic heterocycles. The third kappa shape index (κ3) is 5.33. The largest absolute Gasteiger partial charge is 0.383 e. The van der Waals surface area contributed by atoms with Crippen LogP contribution in [0.25, 0.3) is 0 Å². The highest BCUT2D eigenvalue weighted by atomic mass is 16.5. The third-order valence-electron chi connectivity index (χ3n) is 3.54. The molecule has 1 saturated heterocycles. The Morgan fingerprint density at radius 3 is 2.78 bits per heavy atom. The number of piperazine rings is 1. The lowest BCUT2D eigenvalue weighted by Crippen LogP contribution is -2.54. The van der Waals surface area contributed by atoms with Crippen LogP contribution in [0, 0.1) is 0 Å². The fourth-order valence-electron chi connectivity index (χ4n) is 2.44. The zero-order valence-electron chi connectivity index (χ0n) is 11.9. The SMILES string of the molecule is CC[C@H]1CN(CCNC(C)=O)CCN1CCOC. The number of nitrogens with zero attached hydrogens (tertiary/aromatic N) is 2. The van der Waals surface area contributed by atoms with Crippen molar-refractivity contribution in [1.29, 1.82) is 0 Å². The summed E-state index contributed by atoms with van der Waals surface area (Å²) < 4.78 is 5.15. The van der Waals surface area contributed by atoms with Crippen molar-refractivity contribution >= 4 is 5.91 Å². The van der Waals surface area contributed by atoms with Gasteiger partial charge in [-0.25, -0.2) is 0 Å². The fourth-order valence-corrected chi connectivity index (χ4v) is 2.44. The molecule has 0 spiro atoms.